The fourth-order valence-electron chi connectivity index (χ4n) is 1.42. The van der Waals surface area contributed by atoms with Crippen LogP contribution in [0.3, 0.4) is 0 Å². The van der Waals surface area contributed by atoms with Crippen LogP contribution >= 0.6 is 11.6 Å². The Labute approximate surface area is 106 Å². The number of nitrogens with two attached hydrogens (primary N) is 1. The van der Waals surface area contributed by atoms with E-state index in [-0.39, 0.29) is 11.9 Å². The van der Waals surface area contributed by atoms with Crippen molar-refractivity contribution in [3.05, 3.63) is 28.8 Å². The summed E-state index contributed by atoms with van der Waals surface area (Å²) >= 11 is 5.83. The maximum Gasteiger partial charge on any atom is 0.251 e. The number of hydrogen-bond donors (Lipinski definition) is 2. The number of halogens is 1. The maximum absolute atomic E-state index is 11.9. The van der Waals surface area contributed by atoms with Gasteiger partial charge in [0, 0.05) is 36.0 Å². The fraction of sp³-hybridized carbons (Fsp3) is 0.417. The summed E-state index contributed by atoms with van der Waals surface area (Å²) < 4.78 is 4.95. The molecule has 0 saturated heterocycles. The number of anilines is 1. The summed E-state index contributed by atoms with van der Waals surface area (Å²) in [6.45, 7) is 2.53. The van der Waals surface area contributed by atoms with Gasteiger partial charge in [0.25, 0.3) is 5.91 Å². The maximum atomic E-state index is 11.9. The third-order valence-corrected chi connectivity index (χ3v) is 2.53. The van der Waals surface area contributed by atoms with Crippen LogP contribution in [0.15, 0.2) is 18.2 Å². The van der Waals surface area contributed by atoms with Gasteiger partial charge in [-0.2, -0.15) is 0 Å². The van der Waals surface area contributed by atoms with Crippen molar-refractivity contribution in [3.63, 3.8) is 0 Å². The van der Waals surface area contributed by atoms with Crippen LogP contribution in [0.2, 0.25) is 5.02 Å². The number of rotatable bonds is 5. The van der Waals surface area contributed by atoms with E-state index in [1.807, 2.05) is 6.92 Å². The highest BCUT2D eigenvalue weighted by atomic mass is 35.5. The van der Waals surface area contributed by atoms with Crippen molar-refractivity contribution in [2.45, 2.75) is 19.4 Å². The zero-order valence-corrected chi connectivity index (χ0v) is 10.8. The SMILES string of the molecule is COCCC(C)NC(=O)c1cc(N)cc(Cl)c1. The predicted molar refractivity (Wildman–Crippen MR) is 69.3 cm³/mol. The molecule has 17 heavy (non-hydrogen) atoms. The molecule has 0 aliphatic carbocycles. The number of nitrogens with one attached hydrogen (secondary N) is 1. The Kier molecular flexibility index (Phi) is 5.25. The molecule has 0 aliphatic rings. The molecule has 1 amide bonds. The van der Waals surface area contributed by atoms with Crippen molar-refractivity contribution in [2.24, 2.45) is 0 Å². The van der Waals surface area contributed by atoms with E-state index >= 15 is 0 Å². The van der Waals surface area contributed by atoms with Gasteiger partial charge in [0.15, 0.2) is 0 Å². The minimum atomic E-state index is -0.178. The number of hydrogen-bond acceptors (Lipinski definition) is 3. The first-order valence-electron chi connectivity index (χ1n) is 5.39. The Morgan fingerprint density at radius 3 is 2.82 bits per heavy atom. The van der Waals surface area contributed by atoms with E-state index in [0.717, 1.165) is 6.42 Å². The lowest BCUT2D eigenvalue weighted by Gasteiger charge is -2.13. The zero-order chi connectivity index (χ0) is 12.8. The highest BCUT2D eigenvalue weighted by molar-refractivity contribution is 6.31. The van der Waals surface area contributed by atoms with Crippen molar-refractivity contribution in [1.82, 2.24) is 5.32 Å². The number of carbonyl (C=O) groups is 1. The Morgan fingerprint density at radius 1 is 1.53 bits per heavy atom. The second-order valence-electron chi connectivity index (χ2n) is 3.93. The van der Waals surface area contributed by atoms with Crippen molar-refractivity contribution >= 4 is 23.2 Å². The lowest BCUT2D eigenvalue weighted by atomic mass is 10.1. The van der Waals surface area contributed by atoms with Gasteiger partial charge in [0.05, 0.1) is 0 Å². The molecule has 1 aromatic rings. The van der Waals surface area contributed by atoms with Crippen LogP contribution in [0, 0.1) is 0 Å². The summed E-state index contributed by atoms with van der Waals surface area (Å²) in [5, 5.41) is 3.31. The standard InChI is InChI=1S/C12H17ClN2O2/c1-8(3-4-17-2)15-12(16)9-5-10(13)7-11(14)6-9/h5-8H,3-4,14H2,1-2H3,(H,15,16). The smallest absolute Gasteiger partial charge is 0.251 e. The van der Waals surface area contributed by atoms with Gasteiger partial charge in [0.2, 0.25) is 0 Å². The second kappa shape index (κ2) is 6.47. The highest BCUT2D eigenvalue weighted by Gasteiger charge is 2.10. The molecule has 1 rings (SSSR count). The second-order valence-corrected chi connectivity index (χ2v) is 4.37. The lowest BCUT2D eigenvalue weighted by molar-refractivity contribution is 0.0929. The van der Waals surface area contributed by atoms with Crippen LogP contribution in [-0.2, 0) is 4.74 Å². The summed E-state index contributed by atoms with van der Waals surface area (Å²) in [5.41, 5.74) is 6.57. The van der Waals surface area contributed by atoms with E-state index in [1.54, 1.807) is 25.3 Å². The summed E-state index contributed by atoms with van der Waals surface area (Å²) in [6, 6.07) is 4.84. The topological polar surface area (TPSA) is 64.3 Å². The Bertz CT molecular complexity index is 376. The van der Waals surface area contributed by atoms with E-state index in [1.165, 1.54) is 0 Å². The number of ether oxygens (including phenoxy) is 1. The first-order chi connectivity index (χ1) is 8.02. The average Bonchev–Trinajstić information content (AvgIpc) is 2.25. The third-order valence-electron chi connectivity index (χ3n) is 2.31. The zero-order valence-electron chi connectivity index (χ0n) is 10.00. The van der Waals surface area contributed by atoms with E-state index in [0.29, 0.717) is 22.9 Å². The van der Waals surface area contributed by atoms with Gasteiger partial charge in [-0.3, -0.25) is 4.79 Å². The van der Waals surface area contributed by atoms with E-state index < -0.39 is 0 Å². The van der Waals surface area contributed by atoms with Crippen LogP contribution in [0.5, 0.6) is 0 Å². The molecule has 0 bridgehead atoms. The van der Waals surface area contributed by atoms with Gasteiger partial charge in [0.1, 0.15) is 0 Å². The summed E-state index contributed by atoms with van der Waals surface area (Å²) in [6.07, 6.45) is 0.762. The third kappa shape index (κ3) is 4.63. The summed E-state index contributed by atoms with van der Waals surface area (Å²) in [7, 11) is 1.63. The first kappa shape index (κ1) is 13.8. The van der Waals surface area contributed by atoms with Gasteiger partial charge in [-0.05, 0) is 31.5 Å². The normalized spacial score (nSPS) is 12.2. The summed E-state index contributed by atoms with van der Waals surface area (Å²) in [4.78, 5) is 11.9. The van der Waals surface area contributed by atoms with Crippen LogP contribution in [-0.4, -0.2) is 25.7 Å². The van der Waals surface area contributed by atoms with E-state index in [9.17, 15) is 4.79 Å². The van der Waals surface area contributed by atoms with Gasteiger partial charge in [-0.1, -0.05) is 11.6 Å². The predicted octanol–water partition coefficient (Wildman–Crippen LogP) is 2.08. The van der Waals surface area contributed by atoms with Crippen LogP contribution in [0.1, 0.15) is 23.7 Å². The molecule has 1 unspecified atom stereocenters. The van der Waals surface area contributed by atoms with Gasteiger partial charge >= 0.3 is 0 Å². The Balaban J connectivity index is 2.63. The molecule has 0 spiro atoms. The molecule has 0 saturated carbocycles. The molecule has 0 aromatic heterocycles. The number of nitrogen functional groups attached to an aromatic ring is 1. The first-order valence-corrected chi connectivity index (χ1v) is 5.76. The molecule has 1 atom stereocenters. The fourth-order valence-corrected chi connectivity index (χ4v) is 1.66. The minimum Gasteiger partial charge on any atom is -0.399 e. The van der Waals surface area contributed by atoms with Gasteiger partial charge in [-0.15, -0.1) is 0 Å². The van der Waals surface area contributed by atoms with Crippen LogP contribution in [0.25, 0.3) is 0 Å². The number of amides is 1. The largest absolute Gasteiger partial charge is 0.399 e. The van der Waals surface area contributed by atoms with E-state index in [2.05, 4.69) is 5.32 Å². The number of benzene rings is 1. The molecular formula is C12H17ClN2O2. The molecule has 3 N–H and O–H groups in total. The molecule has 0 fully saturated rings. The average molecular weight is 257 g/mol. The van der Waals surface area contributed by atoms with Crippen LogP contribution in [0.4, 0.5) is 5.69 Å². The highest BCUT2D eigenvalue weighted by Crippen LogP contribution is 2.16. The van der Waals surface area contributed by atoms with Crippen molar-refractivity contribution in [3.8, 4) is 0 Å². The van der Waals surface area contributed by atoms with Crippen molar-refractivity contribution < 1.29 is 9.53 Å². The Morgan fingerprint density at radius 2 is 2.24 bits per heavy atom. The summed E-state index contributed by atoms with van der Waals surface area (Å²) in [5.74, 6) is -0.178. The molecule has 0 radical (unpaired) electrons. The molecule has 4 nitrogen and oxygen atoms in total. The molecule has 0 heterocycles. The monoisotopic (exact) mass is 256 g/mol. The number of carbonyl (C=O) groups excluding carboxylic acids is 1. The molecule has 0 aliphatic heterocycles. The van der Waals surface area contributed by atoms with Gasteiger partial charge in [-0.25, -0.2) is 0 Å². The van der Waals surface area contributed by atoms with E-state index in [4.69, 9.17) is 22.1 Å². The molecular weight excluding hydrogens is 240 g/mol. The Hall–Kier alpha value is -1.26. The van der Waals surface area contributed by atoms with Crippen LogP contribution < -0.4 is 11.1 Å². The van der Waals surface area contributed by atoms with Crippen molar-refractivity contribution in [2.75, 3.05) is 19.5 Å². The lowest BCUT2D eigenvalue weighted by Crippen LogP contribution is -2.33. The molecule has 94 valence electrons. The van der Waals surface area contributed by atoms with Crippen molar-refractivity contribution in [1.29, 1.82) is 0 Å². The minimum absolute atomic E-state index is 0.0441. The molecule has 1 aromatic carbocycles. The van der Waals surface area contributed by atoms with Gasteiger partial charge < -0.3 is 15.8 Å². The number of methoxy groups -OCH3 is 1. The quantitative estimate of drug-likeness (QED) is 0.793. The molecule has 5 heteroatoms.